The van der Waals surface area contributed by atoms with Crippen molar-refractivity contribution in [3.63, 3.8) is 0 Å². The molecule has 0 aliphatic rings. The monoisotopic (exact) mass is 202 g/mol. The zero-order valence-corrected chi connectivity index (χ0v) is 8.28. The minimum Gasteiger partial charge on any atom is -0.326 e. The first-order chi connectivity index (χ1) is 7.13. The Hall–Kier alpha value is -2.15. The number of amides is 1. The van der Waals surface area contributed by atoms with Crippen molar-refractivity contribution in [2.24, 2.45) is 0 Å². The third-order valence-corrected chi connectivity index (χ3v) is 1.77. The Morgan fingerprint density at radius 2 is 1.93 bits per heavy atom. The summed E-state index contributed by atoms with van der Waals surface area (Å²) < 4.78 is 0. The van der Waals surface area contributed by atoms with E-state index in [9.17, 15) is 9.59 Å². The quantitative estimate of drug-likeness (QED) is 0.759. The number of carbonyl (C=O) groups is 2. The molecule has 0 aliphatic heterocycles. The molecule has 0 atom stereocenters. The van der Waals surface area contributed by atoms with Crippen LogP contribution in [-0.4, -0.2) is 11.7 Å². The van der Waals surface area contributed by atoms with E-state index in [4.69, 9.17) is 5.26 Å². The summed E-state index contributed by atoms with van der Waals surface area (Å²) in [6, 6.07) is 8.23. The number of Topliss-reactive ketones (excluding diaryl/α,β-unsaturated/α-hetero) is 1. The van der Waals surface area contributed by atoms with Crippen molar-refractivity contribution in [1.82, 2.24) is 0 Å². The second kappa shape index (κ2) is 4.91. The van der Waals surface area contributed by atoms with Gasteiger partial charge >= 0.3 is 0 Å². The summed E-state index contributed by atoms with van der Waals surface area (Å²) in [5.74, 6) is -0.377. The van der Waals surface area contributed by atoms with Gasteiger partial charge in [-0.1, -0.05) is 0 Å². The molecule has 4 nitrogen and oxygen atoms in total. The molecule has 0 heterocycles. The maximum absolute atomic E-state index is 11.3. The van der Waals surface area contributed by atoms with Gasteiger partial charge in [0.25, 0.3) is 0 Å². The van der Waals surface area contributed by atoms with Crippen LogP contribution < -0.4 is 5.32 Å². The number of hydrogen-bond donors (Lipinski definition) is 1. The molecular formula is C11H10N2O2. The lowest BCUT2D eigenvalue weighted by Gasteiger charge is -2.02. The highest BCUT2D eigenvalue weighted by atomic mass is 16.1. The molecule has 76 valence electrons. The molecule has 0 fully saturated rings. The van der Waals surface area contributed by atoms with E-state index in [2.05, 4.69) is 5.32 Å². The van der Waals surface area contributed by atoms with E-state index in [1.54, 1.807) is 30.3 Å². The van der Waals surface area contributed by atoms with Crippen LogP contribution in [0.2, 0.25) is 0 Å². The Morgan fingerprint density at radius 3 is 2.40 bits per heavy atom. The molecule has 0 aliphatic carbocycles. The Balaban J connectivity index is 2.77. The van der Waals surface area contributed by atoms with Gasteiger partial charge in [-0.2, -0.15) is 5.26 Å². The lowest BCUT2D eigenvalue weighted by Crippen LogP contribution is -2.06. The largest absolute Gasteiger partial charge is 0.326 e. The van der Waals surface area contributed by atoms with Crippen LogP contribution in [0.4, 0.5) is 5.69 Å². The summed E-state index contributed by atoms with van der Waals surface area (Å²) in [6.45, 7) is 1.41. The molecule has 0 unspecified atom stereocenters. The molecule has 0 bridgehead atoms. The maximum atomic E-state index is 11.3. The van der Waals surface area contributed by atoms with Crippen LogP contribution in [0.25, 0.3) is 0 Å². The summed E-state index contributed by atoms with van der Waals surface area (Å²) >= 11 is 0. The second-order valence-corrected chi connectivity index (χ2v) is 3.02. The fourth-order valence-electron chi connectivity index (χ4n) is 1.12. The predicted octanol–water partition coefficient (Wildman–Crippen LogP) is 1.74. The van der Waals surface area contributed by atoms with Gasteiger partial charge in [0.2, 0.25) is 5.91 Å². The van der Waals surface area contributed by atoms with Crippen LogP contribution in [-0.2, 0) is 4.79 Å². The number of rotatable bonds is 3. The predicted molar refractivity (Wildman–Crippen MR) is 55.3 cm³/mol. The van der Waals surface area contributed by atoms with Crippen molar-refractivity contribution in [2.75, 3.05) is 5.32 Å². The van der Waals surface area contributed by atoms with E-state index in [-0.39, 0.29) is 18.1 Å². The number of nitrogens with one attached hydrogen (secondary N) is 1. The summed E-state index contributed by atoms with van der Waals surface area (Å²) in [6.07, 6.45) is -0.126. The van der Waals surface area contributed by atoms with E-state index in [1.165, 1.54) is 6.92 Å². The van der Waals surface area contributed by atoms with Crippen molar-refractivity contribution < 1.29 is 9.59 Å². The number of benzene rings is 1. The molecule has 0 aromatic heterocycles. The first-order valence-corrected chi connectivity index (χ1v) is 4.41. The van der Waals surface area contributed by atoms with Gasteiger partial charge in [0.15, 0.2) is 5.78 Å². The minimum absolute atomic E-state index is 0.126. The SMILES string of the molecule is CC(=O)Nc1ccc(C(=O)CC#N)cc1. The van der Waals surface area contributed by atoms with E-state index in [0.717, 1.165) is 0 Å². The van der Waals surface area contributed by atoms with Crippen molar-refractivity contribution in [1.29, 1.82) is 5.26 Å². The molecule has 1 aromatic carbocycles. The van der Waals surface area contributed by atoms with Crippen molar-refractivity contribution >= 4 is 17.4 Å². The van der Waals surface area contributed by atoms with Crippen LogP contribution in [0.3, 0.4) is 0 Å². The topological polar surface area (TPSA) is 70.0 Å². The van der Waals surface area contributed by atoms with Gasteiger partial charge in [-0.25, -0.2) is 0 Å². The van der Waals surface area contributed by atoms with E-state index >= 15 is 0 Å². The fourth-order valence-corrected chi connectivity index (χ4v) is 1.12. The molecule has 0 saturated heterocycles. The molecule has 15 heavy (non-hydrogen) atoms. The Kier molecular flexibility index (Phi) is 3.58. The smallest absolute Gasteiger partial charge is 0.221 e. The highest BCUT2D eigenvalue weighted by Gasteiger charge is 2.04. The lowest BCUT2D eigenvalue weighted by atomic mass is 10.1. The minimum atomic E-state index is -0.216. The van der Waals surface area contributed by atoms with Crippen molar-refractivity contribution in [3.8, 4) is 6.07 Å². The molecular weight excluding hydrogens is 192 g/mol. The Bertz CT molecular complexity index is 415. The number of anilines is 1. The van der Waals surface area contributed by atoms with Gasteiger partial charge in [-0.3, -0.25) is 9.59 Å². The number of hydrogen-bond acceptors (Lipinski definition) is 3. The lowest BCUT2D eigenvalue weighted by molar-refractivity contribution is -0.114. The third kappa shape index (κ3) is 3.24. The van der Waals surface area contributed by atoms with Gasteiger partial charge in [-0.05, 0) is 24.3 Å². The van der Waals surface area contributed by atoms with Gasteiger partial charge in [0.05, 0.1) is 12.5 Å². The molecule has 0 spiro atoms. The zero-order valence-electron chi connectivity index (χ0n) is 8.28. The summed E-state index contributed by atoms with van der Waals surface area (Å²) in [5.41, 5.74) is 1.11. The van der Waals surface area contributed by atoms with E-state index in [1.807, 2.05) is 0 Å². The Morgan fingerprint density at radius 1 is 1.33 bits per heavy atom. The van der Waals surface area contributed by atoms with Crippen LogP contribution in [0.15, 0.2) is 24.3 Å². The molecule has 1 rings (SSSR count). The Labute approximate surface area is 87.5 Å². The molecule has 0 saturated carbocycles. The van der Waals surface area contributed by atoms with E-state index < -0.39 is 0 Å². The third-order valence-electron chi connectivity index (χ3n) is 1.77. The number of nitriles is 1. The highest BCUT2D eigenvalue weighted by molar-refractivity contribution is 5.98. The highest BCUT2D eigenvalue weighted by Crippen LogP contribution is 2.10. The second-order valence-electron chi connectivity index (χ2n) is 3.02. The first kappa shape index (κ1) is 10.9. The van der Waals surface area contributed by atoms with Gasteiger partial charge < -0.3 is 5.32 Å². The number of carbonyl (C=O) groups excluding carboxylic acids is 2. The summed E-state index contributed by atoms with van der Waals surface area (Å²) in [4.78, 5) is 22.0. The normalized spacial score (nSPS) is 9.07. The van der Waals surface area contributed by atoms with Crippen LogP contribution in [0, 0.1) is 11.3 Å². The van der Waals surface area contributed by atoms with Gasteiger partial charge in [0, 0.05) is 18.2 Å². The van der Waals surface area contributed by atoms with Crippen LogP contribution >= 0.6 is 0 Å². The van der Waals surface area contributed by atoms with Gasteiger partial charge in [-0.15, -0.1) is 0 Å². The maximum Gasteiger partial charge on any atom is 0.221 e. The molecule has 0 radical (unpaired) electrons. The number of nitrogens with zero attached hydrogens (tertiary/aromatic N) is 1. The van der Waals surface area contributed by atoms with Crippen molar-refractivity contribution in [2.45, 2.75) is 13.3 Å². The van der Waals surface area contributed by atoms with Crippen LogP contribution in [0.1, 0.15) is 23.7 Å². The molecule has 1 amide bonds. The number of ketones is 1. The van der Waals surface area contributed by atoms with Crippen LogP contribution in [0.5, 0.6) is 0 Å². The average Bonchev–Trinajstić information content (AvgIpc) is 2.18. The molecule has 4 heteroatoms. The summed E-state index contributed by atoms with van der Waals surface area (Å²) in [7, 11) is 0. The fraction of sp³-hybridized carbons (Fsp3) is 0.182. The van der Waals surface area contributed by atoms with Gasteiger partial charge in [0.1, 0.15) is 0 Å². The van der Waals surface area contributed by atoms with Crippen molar-refractivity contribution in [3.05, 3.63) is 29.8 Å². The zero-order chi connectivity index (χ0) is 11.3. The van der Waals surface area contributed by atoms with E-state index in [0.29, 0.717) is 11.3 Å². The molecule has 1 N–H and O–H groups in total. The standard InChI is InChI=1S/C11H10N2O2/c1-8(14)13-10-4-2-9(3-5-10)11(15)6-7-12/h2-5H,6H2,1H3,(H,13,14). The molecule has 1 aromatic rings. The summed E-state index contributed by atoms with van der Waals surface area (Å²) in [5, 5.41) is 10.9. The average molecular weight is 202 g/mol. The first-order valence-electron chi connectivity index (χ1n) is 4.41.